The zero-order valence-corrected chi connectivity index (χ0v) is 28.2. The minimum absolute atomic E-state index is 0.00594. The first-order chi connectivity index (χ1) is 24.3. The van der Waals surface area contributed by atoms with Crippen molar-refractivity contribution in [3.63, 3.8) is 0 Å². The van der Waals surface area contributed by atoms with E-state index in [2.05, 4.69) is 39.9 Å². The second-order valence-electron chi connectivity index (χ2n) is 12.4. The molecular weight excluding hydrogens is 702 g/mol. The molecule has 0 spiro atoms. The third kappa shape index (κ3) is 12.9. The number of Topliss-reactive ketones (excluding diaryl/α,β-unsaturated/α-hetero) is 2. The molecule has 4 rings (SSSR count). The Hall–Kier alpha value is -5.10. The predicted octanol–water partition coefficient (Wildman–Crippen LogP) is 3.92. The lowest BCUT2D eigenvalue weighted by molar-refractivity contribution is -0.193. The van der Waals surface area contributed by atoms with Gasteiger partial charge in [0.05, 0.1) is 25.1 Å². The molecule has 1 saturated heterocycles. The Kier molecular flexibility index (Phi) is 14.2. The van der Waals surface area contributed by atoms with Crippen LogP contribution in [0.4, 0.5) is 32.2 Å². The third-order valence-electron chi connectivity index (χ3n) is 7.65. The number of carbonyl (C=O) groups excluding carboxylic acids is 5. The van der Waals surface area contributed by atoms with E-state index in [9.17, 15) is 50.3 Å². The molecule has 0 unspecified atom stereocenters. The molecule has 1 aromatic heterocycles. The summed E-state index contributed by atoms with van der Waals surface area (Å²) in [5, 5.41) is 5.38. The number of piperidine rings is 1. The minimum atomic E-state index is -5.77. The van der Waals surface area contributed by atoms with Gasteiger partial charge in [0.1, 0.15) is 12.6 Å². The van der Waals surface area contributed by atoms with Crippen LogP contribution in [0, 0.1) is 0 Å². The molecule has 3 amide bonds. The number of nitrogens with one attached hydrogen (secondary N) is 2. The van der Waals surface area contributed by atoms with Crippen LogP contribution in [-0.4, -0.2) is 87.4 Å². The van der Waals surface area contributed by atoms with Gasteiger partial charge in [0.15, 0.2) is 5.82 Å². The van der Waals surface area contributed by atoms with Gasteiger partial charge in [0.25, 0.3) is 5.91 Å². The second-order valence-corrected chi connectivity index (χ2v) is 12.4. The standard InChI is InChI=1S/C30H38N6O4.C4F6O2/c1-30(2,31)29(39)33-25(20-40-19-22-9-5-3-6-10-22)28(38)34-26-17-35(21-32-26)18-27(37)36-15-13-24(14-16-36)23-11-7-4-8-12-23;5-3(6,7)1(11)2(12)4(8,9)10/h3-12,17,21,24-25H,13-16,18-20,31H2,1-2H3,(H,33,39)(H,34,38);/t25-;/m1./s1. The molecule has 52 heavy (non-hydrogen) atoms. The maximum absolute atomic E-state index is 13.1. The third-order valence-corrected chi connectivity index (χ3v) is 7.65. The fraction of sp³-hybridized carbons (Fsp3) is 0.412. The van der Waals surface area contributed by atoms with E-state index in [0.717, 1.165) is 18.4 Å². The number of nitrogens with zero attached hydrogens (tertiary/aromatic N) is 3. The highest BCUT2D eigenvalue weighted by Gasteiger charge is 2.54. The molecule has 3 aromatic rings. The van der Waals surface area contributed by atoms with E-state index in [1.54, 1.807) is 24.6 Å². The number of carbonyl (C=O) groups is 5. The Bertz CT molecular complexity index is 1640. The van der Waals surface area contributed by atoms with Crippen LogP contribution in [0.25, 0.3) is 0 Å². The number of ketones is 2. The van der Waals surface area contributed by atoms with Gasteiger partial charge in [-0.2, -0.15) is 26.3 Å². The number of ether oxygens (including phenoxy) is 1. The number of anilines is 1. The van der Waals surface area contributed by atoms with Crippen molar-refractivity contribution >= 4 is 35.1 Å². The first-order valence-corrected chi connectivity index (χ1v) is 15.8. The molecule has 0 bridgehead atoms. The molecule has 0 saturated carbocycles. The highest BCUT2D eigenvalue weighted by atomic mass is 19.4. The molecule has 2 aromatic carbocycles. The highest BCUT2D eigenvalue weighted by molar-refractivity contribution is 6.41. The number of likely N-dealkylation sites (tertiary alicyclic amines) is 1. The summed E-state index contributed by atoms with van der Waals surface area (Å²) in [6.45, 7) is 4.89. The van der Waals surface area contributed by atoms with Crippen LogP contribution in [0.3, 0.4) is 0 Å². The largest absolute Gasteiger partial charge is 0.458 e. The maximum atomic E-state index is 13.1. The summed E-state index contributed by atoms with van der Waals surface area (Å²) in [6, 6.07) is 18.9. The number of halogens is 6. The van der Waals surface area contributed by atoms with E-state index in [1.807, 2.05) is 41.3 Å². The van der Waals surface area contributed by atoms with Crippen molar-refractivity contribution < 1.29 is 55.1 Å². The average molecular weight is 741 g/mol. The molecule has 1 aliphatic rings. The summed E-state index contributed by atoms with van der Waals surface area (Å²) >= 11 is 0. The van der Waals surface area contributed by atoms with Gasteiger partial charge in [-0.05, 0) is 43.7 Å². The lowest BCUT2D eigenvalue weighted by Gasteiger charge is -2.32. The van der Waals surface area contributed by atoms with E-state index in [0.29, 0.717) is 19.0 Å². The zero-order chi connectivity index (χ0) is 38.7. The van der Waals surface area contributed by atoms with Gasteiger partial charge in [-0.25, -0.2) is 4.98 Å². The quantitative estimate of drug-likeness (QED) is 0.186. The topological polar surface area (TPSA) is 166 Å². The molecule has 1 aliphatic heterocycles. The first-order valence-electron chi connectivity index (χ1n) is 15.8. The summed E-state index contributed by atoms with van der Waals surface area (Å²) in [6.07, 6.45) is -6.57. The summed E-state index contributed by atoms with van der Waals surface area (Å²) in [5.74, 6) is -7.05. The summed E-state index contributed by atoms with van der Waals surface area (Å²) in [7, 11) is 0. The van der Waals surface area contributed by atoms with Crippen molar-refractivity contribution in [3.05, 3.63) is 84.3 Å². The Morgan fingerprint density at radius 1 is 0.885 bits per heavy atom. The zero-order valence-electron chi connectivity index (χ0n) is 28.2. The summed E-state index contributed by atoms with van der Waals surface area (Å²) in [4.78, 5) is 63.8. The molecule has 4 N–H and O–H groups in total. The van der Waals surface area contributed by atoms with Crippen molar-refractivity contribution in [2.24, 2.45) is 5.73 Å². The van der Waals surface area contributed by atoms with Crippen LogP contribution in [-0.2, 0) is 41.9 Å². The molecule has 0 aliphatic carbocycles. The fourth-order valence-corrected chi connectivity index (χ4v) is 4.82. The normalized spacial score (nSPS) is 14.4. The lowest BCUT2D eigenvalue weighted by atomic mass is 9.89. The van der Waals surface area contributed by atoms with Crippen LogP contribution in [0.1, 0.15) is 43.7 Å². The molecular formula is C34H38F6N6O6. The number of alkyl halides is 6. The molecule has 2 heterocycles. The smallest absolute Gasteiger partial charge is 0.374 e. The van der Waals surface area contributed by atoms with Crippen molar-refractivity contribution in [1.29, 1.82) is 0 Å². The Balaban J connectivity index is 0.000000521. The van der Waals surface area contributed by atoms with Crippen molar-refractivity contribution in [1.82, 2.24) is 19.8 Å². The van der Waals surface area contributed by atoms with E-state index in [-0.39, 0.29) is 31.5 Å². The number of hydrogen-bond donors (Lipinski definition) is 3. The number of nitrogens with two attached hydrogens (primary N) is 1. The van der Waals surface area contributed by atoms with Gasteiger partial charge in [-0.1, -0.05) is 60.7 Å². The molecule has 12 nitrogen and oxygen atoms in total. The molecule has 282 valence electrons. The number of amides is 3. The van der Waals surface area contributed by atoms with Crippen LogP contribution in [0.5, 0.6) is 0 Å². The predicted molar refractivity (Wildman–Crippen MR) is 174 cm³/mol. The van der Waals surface area contributed by atoms with Gasteiger partial charge in [0.2, 0.25) is 11.8 Å². The molecule has 18 heteroatoms. The SMILES string of the molecule is CC(C)(N)C(=O)N[C@H](COCc1ccccc1)C(=O)Nc1cn(CC(=O)N2CCC(c3ccccc3)CC2)cn1.O=C(C(=O)C(F)(F)F)C(F)(F)F. The van der Waals surface area contributed by atoms with Crippen molar-refractivity contribution in [3.8, 4) is 0 Å². The molecule has 0 radical (unpaired) electrons. The van der Waals surface area contributed by atoms with E-state index in [4.69, 9.17) is 10.5 Å². The number of imidazole rings is 1. The summed E-state index contributed by atoms with van der Waals surface area (Å²) < 4.78 is 74.3. The van der Waals surface area contributed by atoms with Crippen LogP contribution < -0.4 is 16.4 Å². The Labute approximate surface area is 294 Å². The van der Waals surface area contributed by atoms with Crippen molar-refractivity contribution in [2.75, 3.05) is 25.0 Å². The number of rotatable bonds is 12. The van der Waals surface area contributed by atoms with Gasteiger partial charge < -0.3 is 30.6 Å². The van der Waals surface area contributed by atoms with Gasteiger partial charge in [0, 0.05) is 19.3 Å². The fourth-order valence-electron chi connectivity index (χ4n) is 4.82. The first kappa shape index (κ1) is 41.3. The van der Waals surface area contributed by atoms with Crippen LogP contribution in [0.2, 0.25) is 0 Å². The number of hydrogen-bond acceptors (Lipinski definition) is 8. The van der Waals surface area contributed by atoms with Gasteiger partial charge in [-0.3, -0.25) is 24.0 Å². The maximum Gasteiger partial charge on any atom is 0.458 e. The van der Waals surface area contributed by atoms with E-state index in [1.165, 1.54) is 11.9 Å². The Morgan fingerprint density at radius 2 is 1.42 bits per heavy atom. The highest BCUT2D eigenvalue weighted by Crippen LogP contribution is 2.28. The Morgan fingerprint density at radius 3 is 1.94 bits per heavy atom. The average Bonchev–Trinajstić information content (AvgIpc) is 3.53. The van der Waals surface area contributed by atoms with Gasteiger partial charge >= 0.3 is 23.9 Å². The summed E-state index contributed by atoms with van der Waals surface area (Å²) in [5.41, 5.74) is 7.00. The van der Waals surface area contributed by atoms with Crippen molar-refractivity contribution in [2.45, 2.75) is 69.7 Å². The van der Waals surface area contributed by atoms with E-state index < -0.39 is 47.3 Å². The minimum Gasteiger partial charge on any atom is -0.374 e. The number of aromatic nitrogens is 2. The monoisotopic (exact) mass is 740 g/mol. The van der Waals surface area contributed by atoms with Gasteiger partial charge in [-0.15, -0.1) is 0 Å². The lowest BCUT2D eigenvalue weighted by Crippen LogP contribution is -2.56. The van der Waals surface area contributed by atoms with E-state index >= 15 is 0 Å². The molecule has 1 fully saturated rings. The number of benzene rings is 2. The second kappa shape index (κ2) is 17.9. The van der Waals surface area contributed by atoms with Crippen LogP contribution >= 0.6 is 0 Å². The molecule has 1 atom stereocenters. The van der Waals surface area contributed by atoms with Crippen LogP contribution in [0.15, 0.2) is 73.2 Å².